The molecule has 0 spiro atoms. The van der Waals surface area contributed by atoms with Gasteiger partial charge in [-0.15, -0.1) is 0 Å². The van der Waals surface area contributed by atoms with E-state index >= 15 is 0 Å². The number of rotatable bonds is 3. The van der Waals surface area contributed by atoms with Crippen molar-refractivity contribution in [2.24, 2.45) is 0 Å². The van der Waals surface area contributed by atoms with Gasteiger partial charge in [0.2, 0.25) is 5.91 Å². The molecule has 3 saturated heterocycles. The summed E-state index contributed by atoms with van der Waals surface area (Å²) in [6, 6.07) is 3.68. The number of urea groups is 1. The van der Waals surface area contributed by atoms with Crippen LogP contribution in [0.5, 0.6) is 0 Å². The monoisotopic (exact) mass is 441 g/mol. The Bertz CT molecular complexity index is 863. The third-order valence-electron chi connectivity index (χ3n) is 6.32. The molecule has 4 rings (SSSR count). The zero-order valence-electron chi connectivity index (χ0n) is 17.4. The lowest BCUT2D eigenvalue weighted by Gasteiger charge is -2.49. The van der Waals surface area contributed by atoms with E-state index in [1.54, 1.807) is 15.9 Å². The molecule has 3 heterocycles. The summed E-state index contributed by atoms with van der Waals surface area (Å²) in [5.74, 6) is -0.175. The van der Waals surface area contributed by atoms with Gasteiger partial charge in [0.05, 0.1) is 43.0 Å². The second-order valence-electron chi connectivity index (χ2n) is 8.43. The van der Waals surface area contributed by atoms with Gasteiger partial charge in [-0.2, -0.15) is 13.2 Å². The molecule has 31 heavy (non-hydrogen) atoms. The number of hydrogen-bond donors (Lipinski definition) is 1. The maximum Gasteiger partial charge on any atom is 0.416 e. The highest BCUT2D eigenvalue weighted by molar-refractivity contribution is 5.79. The van der Waals surface area contributed by atoms with Crippen molar-refractivity contribution < 1.29 is 32.2 Å². The summed E-state index contributed by atoms with van der Waals surface area (Å²) in [7, 11) is 0. The van der Waals surface area contributed by atoms with Crippen LogP contribution in [-0.4, -0.2) is 72.3 Å². The van der Waals surface area contributed by atoms with Gasteiger partial charge in [-0.25, -0.2) is 4.79 Å². The molecule has 170 valence electrons. The van der Waals surface area contributed by atoms with Crippen molar-refractivity contribution in [1.29, 1.82) is 0 Å². The number of carbonyl (C=O) groups excluding carboxylic acids is 2. The van der Waals surface area contributed by atoms with E-state index in [2.05, 4.69) is 5.32 Å². The highest BCUT2D eigenvalue weighted by atomic mass is 19.4. The Morgan fingerprint density at radius 3 is 2.81 bits per heavy atom. The van der Waals surface area contributed by atoms with E-state index in [0.717, 1.165) is 6.07 Å². The van der Waals surface area contributed by atoms with Gasteiger partial charge in [-0.05, 0) is 37.5 Å². The number of fused-ring (bicyclic) bond motifs is 1. The van der Waals surface area contributed by atoms with E-state index in [1.807, 2.05) is 6.92 Å². The molecule has 3 aliphatic heterocycles. The Labute approximate surface area is 178 Å². The van der Waals surface area contributed by atoms with Crippen LogP contribution in [0.4, 0.5) is 18.0 Å². The molecule has 7 nitrogen and oxygen atoms in total. The lowest BCUT2D eigenvalue weighted by Crippen LogP contribution is -2.67. The molecule has 0 aromatic heterocycles. The van der Waals surface area contributed by atoms with Crippen molar-refractivity contribution in [2.45, 2.75) is 57.3 Å². The standard InChI is InChI=1S/C21H26F3N3O4/c1-12-3-4-14(7-15(12)21(22,23)24)10-30-18-9-27(13(18)2)20(29)26-6-5-17-16(8-26)25-19(28)11-31-17/h3-4,7,13,16-18H,5-6,8-11H2,1-2H3,(H,25,28)/t13?,16-,17+,18?/m1/s1. The van der Waals surface area contributed by atoms with Crippen molar-refractivity contribution >= 4 is 11.9 Å². The number of halogens is 3. The number of alkyl halides is 3. The molecule has 4 atom stereocenters. The van der Waals surface area contributed by atoms with E-state index in [0.29, 0.717) is 31.6 Å². The maximum absolute atomic E-state index is 13.1. The summed E-state index contributed by atoms with van der Waals surface area (Å²) in [4.78, 5) is 27.8. The number of piperidine rings is 1. The van der Waals surface area contributed by atoms with Gasteiger partial charge < -0.3 is 24.6 Å². The van der Waals surface area contributed by atoms with Crippen LogP contribution in [0.1, 0.15) is 30.0 Å². The quantitative estimate of drug-likeness (QED) is 0.782. The number of nitrogens with one attached hydrogen (secondary N) is 1. The molecule has 3 fully saturated rings. The van der Waals surface area contributed by atoms with Gasteiger partial charge in [0.15, 0.2) is 0 Å². The third-order valence-corrected chi connectivity index (χ3v) is 6.32. The van der Waals surface area contributed by atoms with Crippen LogP contribution < -0.4 is 5.32 Å². The first kappa shape index (κ1) is 21.9. The second-order valence-corrected chi connectivity index (χ2v) is 8.43. The summed E-state index contributed by atoms with van der Waals surface area (Å²) >= 11 is 0. The SMILES string of the molecule is Cc1ccc(COC2CN(C(=O)N3CC[C@@H]4OCC(=O)N[C@@H]4C3)C2C)cc1C(F)(F)F. The predicted molar refractivity (Wildman–Crippen MR) is 104 cm³/mol. The largest absolute Gasteiger partial charge is 0.416 e. The highest BCUT2D eigenvalue weighted by Gasteiger charge is 2.44. The molecular weight excluding hydrogens is 415 g/mol. The maximum atomic E-state index is 13.1. The van der Waals surface area contributed by atoms with Gasteiger partial charge in [-0.3, -0.25) is 4.79 Å². The summed E-state index contributed by atoms with van der Waals surface area (Å²) in [5, 5.41) is 2.87. The lowest BCUT2D eigenvalue weighted by atomic mass is 9.99. The first-order valence-electron chi connectivity index (χ1n) is 10.4. The van der Waals surface area contributed by atoms with Crippen molar-refractivity contribution in [3.63, 3.8) is 0 Å². The minimum Gasteiger partial charge on any atom is -0.370 e. The van der Waals surface area contributed by atoms with Crippen molar-refractivity contribution in [1.82, 2.24) is 15.1 Å². The molecule has 0 aliphatic carbocycles. The van der Waals surface area contributed by atoms with E-state index in [-0.39, 0.29) is 55.0 Å². The topological polar surface area (TPSA) is 71.1 Å². The molecule has 1 aromatic rings. The average molecular weight is 441 g/mol. The number of hydrogen-bond acceptors (Lipinski definition) is 4. The molecule has 0 bridgehead atoms. The van der Waals surface area contributed by atoms with Crippen LogP contribution in [0.3, 0.4) is 0 Å². The van der Waals surface area contributed by atoms with E-state index in [9.17, 15) is 22.8 Å². The second kappa shape index (κ2) is 8.31. The number of amides is 3. The Hall–Kier alpha value is -2.33. The molecule has 0 saturated carbocycles. The molecule has 3 aliphatic rings. The van der Waals surface area contributed by atoms with Crippen LogP contribution in [-0.2, 0) is 27.1 Å². The van der Waals surface area contributed by atoms with Crippen LogP contribution in [0, 0.1) is 6.92 Å². The smallest absolute Gasteiger partial charge is 0.370 e. The summed E-state index contributed by atoms with van der Waals surface area (Å²) < 4.78 is 50.6. The number of carbonyl (C=O) groups is 2. The van der Waals surface area contributed by atoms with Crippen molar-refractivity contribution in [2.75, 3.05) is 26.2 Å². The van der Waals surface area contributed by atoms with E-state index < -0.39 is 11.7 Å². The summed E-state index contributed by atoms with van der Waals surface area (Å²) in [6.45, 7) is 4.73. The fourth-order valence-corrected chi connectivity index (χ4v) is 4.34. The number of ether oxygens (including phenoxy) is 2. The Balaban J connectivity index is 1.29. The predicted octanol–water partition coefficient (Wildman–Crippen LogP) is 2.31. The Morgan fingerprint density at radius 2 is 2.10 bits per heavy atom. The van der Waals surface area contributed by atoms with Crippen molar-refractivity contribution in [3.05, 3.63) is 34.9 Å². The molecule has 1 N–H and O–H groups in total. The third kappa shape index (κ3) is 4.50. The van der Waals surface area contributed by atoms with Crippen LogP contribution in [0.2, 0.25) is 0 Å². The van der Waals surface area contributed by atoms with Gasteiger partial charge >= 0.3 is 12.2 Å². The Kier molecular flexibility index (Phi) is 5.87. The highest BCUT2D eigenvalue weighted by Crippen LogP contribution is 2.33. The fraction of sp³-hybridized carbons (Fsp3) is 0.619. The molecule has 3 amide bonds. The van der Waals surface area contributed by atoms with E-state index in [4.69, 9.17) is 9.47 Å². The van der Waals surface area contributed by atoms with Gasteiger partial charge in [0.1, 0.15) is 6.61 Å². The summed E-state index contributed by atoms with van der Waals surface area (Å²) in [5.41, 5.74) is -0.0346. The molecular formula is C21H26F3N3O4. The fourth-order valence-electron chi connectivity index (χ4n) is 4.34. The molecule has 10 heteroatoms. The average Bonchev–Trinajstić information content (AvgIpc) is 2.72. The van der Waals surface area contributed by atoms with E-state index in [1.165, 1.54) is 13.0 Å². The number of benzene rings is 1. The zero-order valence-corrected chi connectivity index (χ0v) is 17.4. The molecule has 0 radical (unpaired) electrons. The minimum absolute atomic E-state index is 0.0528. The minimum atomic E-state index is -4.40. The van der Waals surface area contributed by atoms with Crippen molar-refractivity contribution in [3.8, 4) is 0 Å². The normalized spacial score (nSPS) is 28.6. The number of likely N-dealkylation sites (tertiary alicyclic amines) is 2. The lowest BCUT2D eigenvalue weighted by molar-refractivity contribution is -0.140. The van der Waals surface area contributed by atoms with Crippen LogP contribution >= 0.6 is 0 Å². The zero-order chi connectivity index (χ0) is 22.3. The summed E-state index contributed by atoms with van der Waals surface area (Å²) in [6.07, 6.45) is -4.05. The Morgan fingerprint density at radius 1 is 1.32 bits per heavy atom. The number of nitrogens with zero attached hydrogens (tertiary/aromatic N) is 2. The molecule has 1 aromatic carbocycles. The molecule has 2 unspecified atom stereocenters. The van der Waals surface area contributed by atoms with Gasteiger partial charge in [0.25, 0.3) is 0 Å². The first-order valence-corrected chi connectivity index (χ1v) is 10.4. The number of aryl methyl sites for hydroxylation is 1. The van der Waals surface area contributed by atoms with Gasteiger partial charge in [-0.1, -0.05) is 12.1 Å². The van der Waals surface area contributed by atoms with Crippen LogP contribution in [0.25, 0.3) is 0 Å². The van der Waals surface area contributed by atoms with Gasteiger partial charge in [0, 0.05) is 13.1 Å². The van der Waals surface area contributed by atoms with Crippen LogP contribution in [0.15, 0.2) is 18.2 Å². The number of morpholine rings is 1. The first-order chi connectivity index (χ1) is 14.6.